The van der Waals surface area contributed by atoms with Crippen molar-refractivity contribution in [1.29, 1.82) is 0 Å². The minimum atomic E-state index is 0.622. The van der Waals surface area contributed by atoms with Crippen molar-refractivity contribution < 1.29 is 8.98 Å². The Labute approximate surface area is 248 Å². The number of aromatic nitrogens is 4. The molecule has 0 unspecified atom stereocenters. The summed E-state index contributed by atoms with van der Waals surface area (Å²) in [6, 6.07) is 43.4. The van der Waals surface area contributed by atoms with Gasteiger partial charge in [0.15, 0.2) is 17.5 Å². The number of pyridine rings is 1. The van der Waals surface area contributed by atoms with Crippen LogP contribution in [-0.2, 0) is 7.05 Å². The highest BCUT2D eigenvalue weighted by Crippen LogP contribution is 2.38. The lowest BCUT2D eigenvalue weighted by Crippen LogP contribution is -2.32. The van der Waals surface area contributed by atoms with Gasteiger partial charge in [0.25, 0.3) is 0 Å². The van der Waals surface area contributed by atoms with Crippen LogP contribution in [0.3, 0.4) is 0 Å². The topological polar surface area (TPSA) is 55.7 Å². The Bertz CT molecular complexity index is 2250. The monoisotopic (exact) mass is 555 g/mol. The predicted octanol–water partition coefficient (Wildman–Crippen LogP) is 8.73. The van der Waals surface area contributed by atoms with Crippen molar-refractivity contribution in [3.8, 4) is 45.4 Å². The molecule has 0 radical (unpaired) electrons. The van der Waals surface area contributed by atoms with E-state index < -0.39 is 0 Å². The van der Waals surface area contributed by atoms with Crippen LogP contribution in [0.5, 0.6) is 0 Å². The van der Waals surface area contributed by atoms with Crippen LogP contribution in [0.4, 0.5) is 0 Å². The van der Waals surface area contributed by atoms with E-state index in [1.54, 1.807) is 0 Å². The molecule has 0 aliphatic rings. The molecule has 0 aliphatic carbocycles. The minimum absolute atomic E-state index is 0.622. The maximum atomic E-state index is 6.60. The van der Waals surface area contributed by atoms with Crippen molar-refractivity contribution in [1.82, 2.24) is 15.0 Å². The Hall–Kier alpha value is -5.68. The first-order valence-corrected chi connectivity index (χ1v) is 14.4. The fourth-order valence-electron chi connectivity index (χ4n) is 5.93. The fourth-order valence-corrected chi connectivity index (χ4v) is 5.93. The average Bonchev–Trinajstić information content (AvgIpc) is 3.44. The molecule has 0 spiro atoms. The summed E-state index contributed by atoms with van der Waals surface area (Å²) in [5.41, 5.74) is 9.05. The van der Waals surface area contributed by atoms with E-state index in [1.807, 2.05) is 72.8 Å². The molecule has 5 aromatic carbocycles. The van der Waals surface area contributed by atoms with E-state index in [9.17, 15) is 0 Å². The molecular formula is C38H27N4O+. The van der Waals surface area contributed by atoms with Crippen LogP contribution in [0.15, 0.2) is 132 Å². The van der Waals surface area contributed by atoms with Crippen molar-refractivity contribution in [2.24, 2.45) is 7.05 Å². The number of hydrogen-bond donors (Lipinski definition) is 0. The standard InChI is InChI=1S/C38H27N4O/c1-24-17-20-29-30-23-28(38-40-36(26-12-5-3-6-13-26)39-37(41-38)27-14-7-4-8-15-27)19-22-33(30)43-35(29)34(24)32-21-18-25-11-9-10-16-31(25)42(32)2/h3-23H,1-2H3/q+1. The van der Waals surface area contributed by atoms with E-state index in [4.69, 9.17) is 19.4 Å². The minimum Gasteiger partial charge on any atom is -0.455 e. The fraction of sp³-hybridized carbons (Fsp3) is 0.0526. The number of fused-ring (bicyclic) bond motifs is 4. The molecule has 0 saturated carbocycles. The van der Waals surface area contributed by atoms with Crippen molar-refractivity contribution in [3.05, 3.63) is 133 Å². The second kappa shape index (κ2) is 10.00. The number of hydrogen-bond acceptors (Lipinski definition) is 4. The van der Waals surface area contributed by atoms with Crippen LogP contribution in [0.2, 0.25) is 0 Å². The van der Waals surface area contributed by atoms with Crippen LogP contribution in [-0.4, -0.2) is 15.0 Å². The SMILES string of the molecule is Cc1ccc2c(oc3ccc(-c4nc(-c5ccccc5)nc(-c5ccccc5)n4)cc32)c1-c1ccc2ccccc2[n+]1C. The smallest absolute Gasteiger partial charge is 0.216 e. The Kier molecular flexibility index (Phi) is 5.83. The van der Waals surface area contributed by atoms with Gasteiger partial charge in [-0.05, 0) is 42.8 Å². The van der Waals surface area contributed by atoms with Gasteiger partial charge < -0.3 is 4.42 Å². The Balaban J connectivity index is 1.32. The quantitative estimate of drug-likeness (QED) is 0.204. The second-order valence-corrected chi connectivity index (χ2v) is 10.8. The Morgan fingerprint density at radius 1 is 0.558 bits per heavy atom. The van der Waals surface area contributed by atoms with Crippen LogP contribution >= 0.6 is 0 Å². The van der Waals surface area contributed by atoms with Crippen molar-refractivity contribution in [2.75, 3.05) is 0 Å². The lowest BCUT2D eigenvalue weighted by Gasteiger charge is -2.08. The number of benzene rings is 5. The van der Waals surface area contributed by atoms with Crippen molar-refractivity contribution in [2.45, 2.75) is 6.92 Å². The summed E-state index contributed by atoms with van der Waals surface area (Å²) < 4.78 is 8.84. The molecular weight excluding hydrogens is 528 g/mol. The summed E-state index contributed by atoms with van der Waals surface area (Å²) in [4.78, 5) is 14.7. The van der Waals surface area contributed by atoms with Gasteiger partial charge in [-0.25, -0.2) is 15.0 Å². The first-order chi connectivity index (χ1) is 21.1. The van der Waals surface area contributed by atoms with Gasteiger partial charge in [-0.3, -0.25) is 0 Å². The summed E-state index contributed by atoms with van der Waals surface area (Å²) in [6.45, 7) is 2.14. The molecule has 0 aliphatic heterocycles. The van der Waals surface area contributed by atoms with Gasteiger partial charge in [-0.2, -0.15) is 4.57 Å². The first kappa shape index (κ1) is 25.1. The highest BCUT2D eigenvalue weighted by molar-refractivity contribution is 6.10. The highest BCUT2D eigenvalue weighted by Gasteiger charge is 2.22. The van der Waals surface area contributed by atoms with Gasteiger partial charge >= 0.3 is 0 Å². The highest BCUT2D eigenvalue weighted by atomic mass is 16.3. The molecule has 3 heterocycles. The number of rotatable bonds is 4. The van der Waals surface area contributed by atoms with E-state index in [0.717, 1.165) is 55.4 Å². The zero-order chi connectivity index (χ0) is 28.9. The van der Waals surface area contributed by atoms with E-state index in [1.165, 1.54) is 10.9 Å². The number of nitrogens with zero attached hydrogens (tertiary/aromatic N) is 4. The molecule has 3 aromatic heterocycles. The third kappa shape index (κ3) is 4.25. The van der Waals surface area contributed by atoms with Gasteiger partial charge in [0.05, 0.1) is 5.56 Å². The number of para-hydroxylation sites is 1. The molecule has 0 atom stereocenters. The molecule has 204 valence electrons. The number of furan rings is 1. The molecule has 0 saturated heterocycles. The maximum Gasteiger partial charge on any atom is 0.216 e. The lowest BCUT2D eigenvalue weighted by atomic mass is 9.99. The zero-order valence-corrected chi connectivity index (χ0v) is 23.8. The second-order valence-electron chi connectivity index (χ2n) is 10.8. The maximum absolute atomic E-state index is 6.60. The molecule has 8 aromatic rings. The van der Waals surface area contributed by atoms with E-state index in [-0.39, 0.29) is 0 Å². The molecule has 0 bridgehead atoms. The van der Waals surface area contributed by atoms with Gasteiger partial charge in [0, 0.05) is 45.0 Å². The summed E-state index contributed by atoms with van der Waals surface area (Å²) in [5, 5.41) is 3.29. The van der Waals surface area contributed by atoms with Gasteiger partial charge in [-0.15, -0.1) is 0 Å². The molecule has 0 N–H and O–H groups in total. The largest absolute Gasteiger partial charge is 0.455 e. The summed E-state index contributed by atoms with van der Waals surface area (Å²) in [5.74, 6) is 1.91. The molecule has 8 rings (SSSR count). The third-order valence-electron chi connectivity index (χ3n) is 8.14. The van der Waals surface area contributed by atoms with Gasteiger partial charge in [0.1, 0.15) is 18.2 Å². The van der Waals surface area contributed by atoms with Gasteiger partial charge in [0.2, 0.25) is 11.2 Å². The third-order valence-corrected chi connectivity index (χ3v) is 8.14. The predicted molar refractivity (Wildman–Crippen MR) is 172 cm³/mol. The lowest BCUT2D eigenvalue weighted by molar-refractivity contribution is -0.633. The van der Waals surface area contributed by atoms with E-state index >= 15 is 0 Å². The van der Waals surface area contributed by atoms with Gasteiger partial charge in [-0.1, -0.05) is 84.9 Å². The zero-order valence-electron chi connectivity index (χ0n) is 23.8. The Morgan fingerprint density at radius 3 is 1.88 bits per heavy atom. The Morgan fingerprint density at radius 2 is 1.19 bits per heavy atom. The van der Waals surface area contributed by atoms with E-state index in [0.29, 0.717) is 17.5 Å². The number of aryl methyl sites for hydroxylation is 2. The average molecular weight is 556 g/mol. The molecule has 5 heteroatoms. The molecule has 0 fully saturated rings. The first-order valence-electron chi connectivity index (χ1n) is 14.4. The molecule has 0 amide bonds. The normalized spacial score (nSPS) is 11.5. The van der Waals surface area contributed by atoms with Crippen LogP contribution in [0.1, 0.15) is 5.56 Å². The van der Waals surface area contributed by atoms with Crippen molar-refractivity contribution >= 4 is 32.8 Å². The summed E-state index contributed by atoms with van der Waals surface area (Å²) in [7, 11) is 2.12. The molecule has 5 nitrogen and oxygen atoms in total. The summed E-state index contributed by atoms with van der Waals surface area (Å²) >= 11 is 0. The van der Waals surface area contributed by atoms with Crippen LogP contribution < -0.4 is 4.57 Å². The van der Waals surface area contributed by atoms with Crippen molar-refractivity contribution in [3.63, 3.8) is 0 Å². The van der Waals surface area contributed by atoms with Crippen LogP contribution in [0, 0.1) is 6.92 Å². The van der Waals surface area contributed by atoms with Crippen LogP contribution in [0.25, 0.3) is 78.3 Å². The summed E-state index contributed by atoms with van der Waals surface area (Å²) in [6.07, 6.45) is 0. The van der Waals surface area contributed by atoms with E-state index in [2.05, 4.69) is 73.1 Å². The molecule has 43 heavy (non-hydrogen) atoms.